The maximum absolute atomic E-state index is 13.0. The molecule has 7 nitrogen and oxygen atoms in total. The molecule has 1 N–H and O–H groups in total. The van der Waals surface area contributed by atoms with Gasteiger partial charge in [0.15, 0.2) is 6.29 Å². The molecule has 1 rings (SSSR count). The summed E-state index contributed by atoms with van der Waals surface area (Å²) in [6, 6.07) is 5.87. The number of ether oxygens (including phenoxy) is 3. The van der Waals surface area contributed by atoms with Gasteiger partial charge in [-0.15, -0.1) is 0 Å². The number of esters is 1. The molecule has 0 radical (unpaired) electrons. The highest BCUT2D eigenvalue weighted by Gasteiger charge is 2.54. The van der Waals surface area contributed by atoms with Crippen LogP contribution in [0.2, 0.25) is 0 Å². The Balaban J connectivity index is 2.61. The quantitative estimate of drug-likeness (QED) is 0.433. The summed E-state index contributed by atoms with van der Waals surface area (Å²) in [6.45, 7) is 3.37. The van der Waals surface area contributed by atoms with E-state index in [9.17, 15) is 22.0 Å². The first-order chi connectivity index (χ1) is 10.6. The maximum atomic E-state index is 13.0. The zero-order valence-corrected chi connectivity index (χ0v) is 13.2. The molecule has 0 fully saturated rings. The van der Waals surface area contributed by atoms with Gasteiger partial charge in [0, 0.05) is 6.61 Å². The fraction of sp³-hybridized carbons (Fsp3) is 0.462. The number of rotatable bonds is 8. The van der Waals surface area contributed by atoms with Gasteiger partial charge in [-0.3, -0.25) is 4.55 Å². The highest BCUT2D eigenvalue weighted by atomic mass is 32.2. The lowest BCUT2D eigenvalue weighted by Crippen LogP contribution is -2.38. The van der Waals surface area contributed by atoms with Crippen molar-refractivity contribution in [2.45, 2.75) is 32.0 Å². The van der Waals surface area contributed by atoms with Crippen LogP contribution in [0, 0.1) is 0 Å². The average molecular weight is 354 g/mol. The van der Waals surface area contributed by atoms with E-state index in [1.165, 1.54) is 24.3 Å². The second-order valence-corrected chi connectivity index (χ2v) is 5.82. The number of carbonyl (C=O) groups is 1. The van der Waals surface area contributed by atoms with Crippen molar-refractivity contribution in [3.8, 4) is 5.75 Å². The summed E-state index contributed by atoms with van der Waals surface area (Å²) < 4.78 is 69.7. The van der Waals surface area contributed by atoms with Gasteiger partial charge in [0.05, 0.1) is 0 Å². The molecule has 0 aliphatic rings. The van der Waals surface area contributed by atoms with Crippen LogP contribution < -0.4 is 4.74 Å². The van der Waals surface area contributed by atoms with Crippen molar-refractivity contribution in [2.75, 3.05) is 6.61 Å². The Labute approximate surface area is 131 Å². The number of benzene rings is 1. The van der Waals surface area contributed by atoms with E-state index in [2.05, 4.69) is 4.74 Å². The number of hydrogen-bond acceptors (Lipinski definition) is 6. The van der Waals surface area contributed by atoms with Crippen LogP contribution in [0.4, 0.5) is 8.78 Å². The molecular weight excluding hydrogens is 338 g/mol. The Hall–Kier alpha value is -1.78. The van der Waals surface area contributed by atoms with E-state index in [1.807, 2.05) is 0 Å². The minimum atomic E-state index is -5.87. The summed E-state index contributed by atoms with van der Waals surface area (Å²) in [5, 5.41) is -5.01. The van der Waals surface area contributed by atoms with Crippen LogP contribution in [0.25, 0.3) is 0 Å². The first-order valence-electron chi connectivity index (χ1n) is 6.47. The molecule has 0 aliphatic heterocycles. The predicted molar refractivity (Wildman–Crippen MR) is 74.4 cm³/mol. The molecule has 0 amide bonds. The van der Waals surface area contributed by atoms with Crippen LogP contribution in [-0.4, -0.2) is 37.1 Å². The van der Waals surface area contributed by atoms with E-state index in [4.69, 9.17) is 14.0 Å². The zero-order chi connectivity index (χ0) is 17.7. The third kappa shape index (κ3) is 5.41. The fourth-order valence-corrected chi connectivity index (χ4v) is 1.73. The van der Waals surface area contributed by atoms with Crippen LogP contribution in [0.1, 0.15) is 19.4 Å². The van der Waals surface area contributed by atoms with Crippen molar-refractivity contribution < 1.29 is 40.8 Å². The van der Waals surface area contributed by atoms with E-state index < -0.39 is 34.2 Å². The lowest BCUT2D eigenvalue weighted by Gasteiger charge is -2.15. The highest BCUT2D eigenvalue weighted by Crippen LogP contribution is 2.23. The molecule has 0 aliphatic carbocycles. The van der Waals surface area contributed by atoms with Gasteiger partial charge in [-0.25, -0.2) is 4.79 Å². The molecule has 0 bridgehead atoms. The molecule has 0 aromatic heterocycles. The molecular formula is C13H16F2O7S. The molecule has 1 aromatic rings. The number of hydrogen-bond donors (Lipinski definition) is 1. The van der Waals surface area contributed by atoms with Crippen molar-refractivity contribution >= 4 is 16.1 Å². The summed E-state index contributed by atoms with van der Waals surface area (Å²) in [6.07, 6.45) is -0.475. The normalized spacial score (nSPS) is 13.4. The first kappa shape index (κ1) is 19.3. The number of carbonyl (C=O) groups excluding carboxylic acids is 1. The van der Waals surface area contributed by atoms with Crippen molar-refractivity contribution in [3.05, 3.63) is 29.8 Å². The topological polar surface area (TPSA) is 99.1 Å². The van der Waals surface area contributed by atoms with Gasteiger partial charge in [-0.2, -0.15) is 17.2 Å². The monoisotopic (exact) mass is 354 g/mol. The number of halogens is 2. The molecule has 0 saturated carbocycles. The van der Waals surface area contributed by atoms with Gasteiger partial charge in [-0.1, -0.05) is 12.1 Å². The maximum Gasteiger partial charge on any atom is 0.465 e. The molecule has 0 spiro atoms. The summed E-state index contributed by atoms with van der Waals surface area (Å²) in [5.41, 5.74) is 0.320. The van der Waals surface area contributed by atoms with Crippen LogP contribution >= 0.6 is 0 Å². The molecule has 1 unspecified atom stereocenters. The Morgan fingerprint density at radius 2 is 1.87 bits per heavy atom. The second kappa shape index (κ2) is 7.66. The Kier molecular flexibility index (Phi) is 6.42. The lowest BCUT2D eigenvalue weighted by atomic mass is 10.2. The number of alkyl halides is 2. The van der Waals surface area contributed by atoms with Gasteiger partial charge < -0.3 is 14.2 Å². The van der Waals surface area contributed by atoms with E-state index in [-0.39, 0.29) is 0 Å². The SMILES string of the molecule is CCOC(C)Oc1ccc(COC(=O)C(F)(F)S(=O)(=O)O)cc1. The molecule has 0 saturated heterocycles. The standard InChI is InChI=1S/C13H16F2O7S/c1-3-20-9(2)22-11-6-4-10(5-7-11)8-21-12(16)13(14,15)23(17,18)19/h4-7,9H,3,8H2,1-2H3,(H,17,18,19). The van der Waals surface area contributed by atoms with Gasteiger partial charge in [0.1, 0.15) is 12.4 Å². The van der Waals surface area contributed by atoms with Gasteiger partial charge >= 0.3 is 21.3 Å². The second-order valence-electron chi connectivity index (χ2n) is 4.35. The van der Waals surface area contributed by atoms with E-state index in [0.717, 1.165) is 0 Å². The van der Waals surface area contributed by atoms with E-state index >= 15 is 0 Å². The fourth-order valence-electron chi connectivity index (χ4n) is 1.46. The summed E-state index contributed by atoms with van der Waals surface area (Å²) in [4.78, 5) is 11.0. The Morgan fingerprint density at radius 3 is 2.35 bits per heavy atom. The van der Waals surface area contributed by atoms with Crippen LogP contribution in [0.3, 0.4) is 0 Å². The molecule has 1 atom stereocenters. The minimum absolute atomic E-state index is 0.320. The van der Waals surface area contributed by atoms with Crippen LogP contribution in [0.5, 0.6) is 5.75 Å². The molecule has 0 heterocycles. The first-order valence-corrected chi connectivity index (χ1v) is 7.91. The Morgan fingerprint density at radius 1 is 1.30 bits per heavy atom. The Bertz CT molecular complexity index is 628. The van der Waals surface area contributed by atoms with Crippen molar-refractivity contribution in [1.82, 2.24) is 0 Å². The minimum Gasteiger partial charge on any atom is -0.465 e. The third-order valence-corrected chi connectivity index (χ3v) is 3.37. The zero-order valence-electron chi connectivity index (χ0n) is 12.4. The van der Waals surface area contributed by atoms with Gasteiger partial charge in [0.25, 0.3) is 0 Å². The summed E-state index contributed by atoms with van der Waals surface area (Å²) in [7, 11) is -5.87. The predicted octanol–water partition coefficient (Wildman–Crippen LogP) is 1.97. The largest absolute Gasteiger partial charge is 0.465 e. The highest BCUT2D eigenvalue weighted by molar-refractivity contribution is 7.87. The van der Waals surface area contributed by atoms with E-state index in [1.54, 1.807) is 13.8 Å². The van der Waals surface area contributed by atoms with Crippen molar-refractivity contribution in [2.24, 2.45) is 0 Å². The van der Waals surface area contributed by atoms with Gasteiger partial charge in [-0.05, 0) is 31.5 Å². The molecule has 1 aromatic carbocycles. The van der Waals surface area contributed by atoms with Crippen molar-refractivity contribution in [3.63, 3.8) is 0 Å². The van der Waals surface area contributed by atoms with Crippen LogP contribution in [-0.2, 0) is 31.0 Å². The summed E-state index contributed by atoms with van der Waals surface area (Å²) >= 11 is 0. The average Bonchev–Trinajstić information content (AvgIpc) is 2.45. The molecule has 10 heteroatoms. The summed E-state index contributed by atoms with van der Waals surface area (Å²) in [5.74, 6) is -1.91. The van der Waals surface area contributed by atoms with E-state index in [0.29, 0.717) is 17.9 Å². The smallest absolute Gasteiger partial charge is 0.465 e. The lowest BCUT2D eigenvalue weighted by molar-refractivity contribution is -0.162. The molecule has 130 valence electrons. The van der Waals surface area contributed by atoms with Crippen molar-refractivity contribution in [1.29, 1.82) is 0 Å². The molecule has 23 heavy (non-hydrogen) atoms. The third-order valence-electron chi connectivity index (χ3n) is 2.56. The van der Waals surface area contributed by atoms with Gasteiger partial charge in [0.2, 0.25) is 0 Å². The van der Waals surface area contributed by atoms with Crippen LogP contribution in [0.15, 0.2) is 24.3 Å².